The van der Waals surface area contributed by atoms with Crippen LogP contribution in [-0.4, -0.2) is 9.67 Å². The molecule has 0 atom stereocenters. The molecular weight excluding hydrogens is 226 g/mol. The first-order valence-electron chi connectivity index (χ1n) is 4.82. The van der Waals surface area contributed by atoms with Crippen molar-refractivity contribution >= 4 is 11.6 Å². The fourth-order valence-electron chi connectivity index (χ4n) is 1.49. The lowest BCUT2D eigenvalue weighted by molar-refractivity contribution is 0.459. The molecule has 1 aromatic heterocycles. The minimum atomic E-state index is -0.289. The van der Waals surface area contributed by atoms with Crippen molar-refractivity contribution in [3.8, 4) is 5.75 Å². The summed E-state index contributed by atoms with van der Waals surface area (Å²) in [6.45, 7) is 0.437. The van der Waals surface area contributed by atoms with E-state index in [0.717, 1.165) is 5.56 Å². The lowest BCUT2D eigenvalue weighted by atomic mass is 10.2. The highest BCUT2D eigenvalue weighted by molar-refractivity contribution is 6.30. The Labute approximate surface area is 97.5 Å². The Morgan fingerprint density at radius 1 is 1.25 bits per heavy atom. The molecule has 0 spiro atoms. The molecule has 0 fully saturated rings. The normalized spacial score (nSPS) is 10.3. The summed E-state index contributed by atoms with van der Waals surface area (Å²) in [4.78, 5) is 11.6. The molecule has 2 rings (SSSR count). The number of benzene rings is 1. The van der Waals surface area contributed by atoms with Crippen molar-refractivity contribution in [2.45, 2.75) is 6.54 Å². The molecule has 4 heteroatoms. The van der Waals surface area contributed by atoms with Crippen LogP contribution in [0.3, 0.4) is 0 Å². The molecule has 0 radical (unpaired) electrons. The monoisotopic (exact) mass is 236 g/mol. The number of nitrogens with zero attached hydrogens (tertiary/aromatic N) is 1. The van der Waals surface area contributed by atoms with Crippen LogP contribution in [0.1, 0.15) is 5.56 Å². The van der Waals surface area contributed by atoms with Crippen molar-refractivity contribution < 1.29 is 5.11 Å². The van der Waals surface area contributed by atoms with E-state index in [4.69, 9.17) is 16.7 Å². The van der Waals surface area contributed by atoms with Crippen molar-refractivity contribution in [1.82, 2.24) is 4.57 Å². The van der Waals surface area contributed by atoms with Crippen molar-refractivity contribution in [2.75, 3.05) is 0 Å². The van der Waals surface area contributed by atoms with Gasteiger partial charge in [0.15, 0.2) is 0 Å². The molecule has 16 heavy (non-hydrogen) atoms. The van der Waals surface area contributed by atoms with Gasteiger partial charge in [-0.05, 0) is 23.8 Å². The Kier molecular flexibility index (Phi) is 2.97. The number of hydrogen-bond acceptors (Lipinski definition) is 1. The molecule has 0 aliphatic heterocycles. The summed E-state index contributed by atoms with van der Waals surface area (Å²) in [5, 5.41) is 8.05. The van der Waals surface area contributed by atoms with Crippen molar-refractivity contribution in [1.29, 1.82) is 0 Å². The average molecular weight is 237 g/mol. The number of hydrogen-bond donors (Lipinski definition) is 0. The van der Waals surface area contributed by atoms with E-state index in [1.807, 2.05) is 18.2 Å². The van der Waals surface area contributed by atoms with Crippen LogP contribution >= 0.6 is 11.6 Å². The van der Waals surface area contributed by atoms with E-state index < -0.39 is 0 Å². The van der Waals surface area contributed by atoms with Crippen LogP contribution in [0.5, 0.6) is 5.75 Å². The second-order valence-electron chi connectivity index (χ2n) is 3.48. The van der Waals surface area contributed by atoms with Crippen LogP contribution in [0.25, 0.3) is 0 Å². The fraction of sp³-hybridized carbons (Fsp3) is 0.0833. The maximum atomic E-state index is 11.6. The predicted molar refractivity (Wildman–Crippen MR) is 64.3 cm³/mol. The number of halogens is 1. The fourth-order valence-corrected chi connectivity index (χ4v) is 1.71. The first-order chi connectivity index (χ1) is 7.66. The first kappa shape index (κ1) is 10.8. The van der Waals surface area contributed by atoms with Crippen LogP contribution in [0.4, 0.5) is 0 Å². The topological polar surface area (TPSA) is 44.9 Å². The standard InChI is InChI=1S/C12H10ClNO2/c13-10-4-1-3-9(7-10)8-14-6-2-5-11(15)12(14)16/h1-7,15H,8H2/p+1. The smallest absolute Gasteiger partial charge is 0.346 e. The van der Waals surface area contributed by atoms with E-state index in [9.17, 15) is 4.79 Å². The number of pyridine rings is 1. The van der Waals surface area contributed by atoms with Crippen molar-refractivity contribution in [2.24, 2.45) is 0 Å². The molecule has 0 saturated carbocycles. The quantitative estimate of drug-likeness (QED) is 0.736. The Hall–Kier alpha value is -1.74. The summed E-state index contributed by atoms with van der Waals surface area (Å²) in [6, 6.07) is 10.5. The van der Waals surface area contributed by atoms with Gasteiger partial charge in [-0.3, -0.25) is 4.79 Å². The van der Waals surface area contributed by atoms with Gasteiger partial charge in [-0.25, -0.2) is 0 Å². The molecular formula is C12H11ClNO2+. The molecule has 0 aliphatic rings. The first-order valence-corrected chi connectivity index (χ1v) is 5.20. The van der Waals surface area contributed by atoms with Crippen molar-refractivity contribution in [3.63, 3.8) is 0 Å². The van der Waals surface area contributed by atoms with Gasteiger partial charge in [0, 0.05) is 17.3 Å². The zero-order valence-corrected chi connectivity index (χ0v) is 9.24. The molecule has 2 aromatic rings. The van der Waals surface area contributed by atoms with Crippen LogP contribution in [0.15, 0.2) is 47.4 Å². The van der Waals surface area contributed by atoms with Gasteiger partial charge in [-0.15, -0.1) is 0 Å². The summed E-state index contributed by atoms with van der Waals surface area (Å²) in [7, 11) is 0. The third kappa shape index (κ3) is 2.25. The Balaban J connectivity index is 2.34. The minimum absolute atomic E-state index is 0.00419. The zero-order chi connectivity index (χ0) is 11.5. The third-order valence-corrected chi connectivity index (χ3v) is 2.50. The highest BCUT2D eigenvalue weighted by Crippen LogP contribution is 2.11. The summed E-state index contributed by atoms with van der Waals surface area (Å²) < 4.78 is 1.49. The highest BCUT2D eigenvalue weighted by atomic mass is 35.5. The lowest BCUT2D eigenvalue weighted by Gasteiger charge is -2.05. The molecule has 3 nitrogen and oxygen atoms in total. The van der Waals surface area contributed by atoms with Gasteiger partial charge in [-0.1, -0.05) is 23.7 Å². The second kappa shape index (κ2) is 4.41. The van der Waals surface area contributed by atoms with Gasteiger partial charge in [0.2, 0.25) is 0 Å². The summed E-state index contributed by atoms with van der Waals surface area (Å²) in [5.74, 6) is 0.00419. The van der Waals surface area contributed by atoms with E-state index in [-0.39, 0.29) is 11.3 Å². The highest BCUT2D eigenvalue weighted by Gasteiger charge is 2.05. The lowest BCUT2D eigenvalue weighted by Crippen LogP contribution is -2.18. The van der Waals surface area contributed by atoms with Crippen LogP contribution < -0.4 is 5.56 Å². The molecule has 1 heterocycles. The van der Waals surface area contributed by atoms with Crippen LogP contribution in [0.2, 0.25) is 5.02 Å². The predicted octanol–water partition coefficient (Wildman–Crippen LogP) is 1.99. The Morgan fingerprint density at radius 3 is 2.81 bits per heavy atom. The number of aromatic nitrogens is 1. The SMILES string of the molecule is O=c1c([OH2+])cccn1Cc1cccc(Cl)c1. The van der Waals surface area contributed by atoms with Gasteiger partial charge < -0.3 is 9.67 Å². The molecule has 0 saturated heterocycles. The molecule has 1 aromatic carbocycles. The Morgan fingerprint density at radius 2 is 2.06 bits per heavy atom. The van der Waals surface area contributed by atoms with Gasteiger partial charge in [-0.2, -0.15) is 0 Å². The van der Waals surface area contributed by atoms with Gasteiger partial charge >= 0.3 is 11.3 Å². The molecule has 82 valence electrons. The summed E-state index contributed by atoms with van der Waals surface area (Å²) >= 11 is 5.86. The van der Waals surface area contributed by atoms with E-state index in [2.05, 4.69) is 0 Å². The zero-order valence-electron chi connectivity index (χ0n) is 8.48. The summed E-state index contributed by atoms with van der Waals surface area (Å²) in [5.41, 5.74) is 0.655. The van der Waals surface area contributed by atoms with Gasteiger partial charge in [0.25, 0.3) is 0 Å². The molecule has 0 amide bonds. The van der Waals surface area contributed by atoms with E-state index in [0.29, 0.717) is 11.6 Å². The second-order valence-corrected chi connectivity index (χ2v) is 3.92. The van der Waals surface area contributed by atoms with E-state index >= 15 is 0 Å². The van der Waals surface area contributed by atoms with E-state index in [1.54, 1.807) is 18.3 Å². The largest absolute Gasteiger partial charge is 0.589 e. The molecule has 0 aliphatic carbocycles. The average Bonchev–Trinajstić information content (AvgIpc) is 2.25. The minimum Gasteiger partial charge on any atom is -0.589 e. The van der Waals surface area contributed by atoms with Crippen molar-refractivity contribution in [3.05, 3.63) is 63.5 Å². The molecule has 0 unspecified atom stereocenters. The molecule has 0 bridgehead atoms. The number of rotatable bonds is 2. The molecule has 2 N–H and O–H groups in total. The van der Waals surface area contributed by atoms with Gasteiger partial charge in [0.05, 0.1) is 6.54 Å². The maximum Gasteiger partial charge on any atom is 0.346 e. The van der Waals surface area contributed by atoms with E-state index in [1.165, 1.54) is 10.6 Å². The van der Waals surface area contributed by atoms with Crippen LogP contribution in [0, 0.1) is 0 Å². The summed E-state index contributed by atoms with van der Waals surface area (Å²) in [6.07, 6.45) is 1.67. The van der Waals surface area contributed by atoms with Crippen LogP contribution in [-0.2, 0) is 6.54 Å². The third-order valence-electron chi connectivity index (χ3n) is 2.26. The maximum absolute atomic E-state index is 11.6. The Bertz CT molecular complexity index is 563. The van der Waals surface area contributed by atoms with Gasteiger partial charge in [0.1, 0.15) is 0 Å².